The molecule has 82 valence electrons. The summed E-state index contributed by atoms with van der Waals surface area (Å²) in [5.41, 5.74) is 2.87. The molecule has 1 aromatic rings. The van der Waals surface area contributed by atoms with Crippen LogP contribution in [0.25, 0.3) is 0 Å². The van der Waals surface area contributed by atoms with Gasteiger partial charge in [0.2, 0.25) is 0 Å². The first-order valence-electron chi connectivity index (χ1n) is 4.31. The van der Waals surface area contributed by atoms with Gasteiger partial charge in [0.1, 0.15) is 5.69 Å². The smallest absolute Gasteiger partial charge is 0.305 e. The predicted octanol–water partition coefficient (Wildman–Crippen LogP) is -0.730. The maximum absolute atomic E-state index is 11.2. The standard InChI is InChI=1S/C8H12N4O3/c1-5-4-6(8(15)10-9)12(11-5)3-2-7(13)14/h4H,2-3,9H2,1H3,(H,10,15)(H,13,14). The molecular weight excluding hydrogens is 200 g/mol. The highest BCUT2D eigenvalue weighted by molar-refractivity contribution is 5.92. The van der Waals surface area contributed by atoms with E-state index in [9.17, 15) is 9.59 Å². The van der Waals surface area contributed by atoms with Crippen molar-refractivity contribution in [2.75, 3.05) is 0 Å². The van der Waals surface area contributed by atoms with Gasteiger partial charge in [0, 0.05) is 0 Å². The molecule has 0 atom stereocenters. The lowest BCUT2D eigenvalue weighted by atomic mass is 10.3. The zero-order valence-electron chi connectivity index (χ0n) is 8.23. The van der Waals surface area contributed by atoms with Crippen LogP contribution in [0.3, 0.4) is 0 Å². The van der Waals surface area contributed by atoms with E-state index in [0.717, 1.165) is 0 Å². The molecule has 0 aliphatic heterocycles. The number of nitrogens with zero attached hydrogens (tertiary/aromatic N) is 2. The first kappa shape index (κ1) is 11.2. The van der Waals surface area contributed by atoms with E-state index in [0.29, 0.717) is 5.69 Å². The summed E-state index contributed by atoms with van der Waals surface area (Å²) in [5, 5.41) is 12.5. The monoisotopic (exact) mass is 212 g/mol. The van der Waals surface area contributed by atoms with Crippen molar-refractivity contribution < 1.29 is 14.7 Å². The molecule has 0 bridgehead atoms. The number of hydrogen-bond acceptors (Lipinski definition) is 4. The van der Waals surface area contributed by atoms with Crippen LogP contribution in [-0.4, -0.2) is 26.8 Å². The molecular formula is C8H12N4O3. The minimum absolute atomic E-state index is 0.0913. The Morgan fingerprint density at radius 1 is 1.67 bits per heavy atom. The van der Waals surface area contributed by atoms with E-state index < -0.39 is 11.9 Å². The Morgan fingerprint density at radius 2 is 2.33 bits per heavy atom. The lowest BCUT2D eigenvalue weighted by Crippen LogP contribution is -2.32. The van der Waals surface area contributed by atoms with Gasteiger partial charge in [-0.3, -0.25) is 19.7 Å². The third kappa shape index (κ3) is 2.78. The fraction of sp³-hybridized carbons (Fsp3) is 0.375. The topological polar surface area (TPSA) is 110 Å². The second-order valence-corrected chi connectivity index (χ2v) is 3.01. The summed E-state index contributed by atoms with van der Waals surface area (Å²) in [6.07, 6.45) is -0.0913. The van der Waals surface area contributed by atoms with Gasteiger partial charge in [-0.05, 0) is 13.0 Å². The number of nitrogens with one attached hydrogen (secondary N) is 1. The number of carbonyl (C=O) groups is 2. The van der Waals surface area contributed by atoms with E-state index in [4.69, 9.17) is 10.9 Å². The number of nitrogen functional groups attached to an aromatic ring is 1. The van der Waals surface area contributed by atoms with Gasteiger partial charge in [-0.15, -0.1) is 0 Å². The van der Waals surface area contributed by atoms with Gasteiger partial charge in [0.05, 0.1) is 18.7 Å². The second kappa shape index (κ2) is 4.56. The molecule has 0 saturated heterocycles. The van der Waals surface area contributed by atoms with Crippen molar-refractivity contribution in [2.24, 2.45) is 5.84 Å². The average Bonchev–Trinajstić information content (AvgIpc) is 2.55. The third-order valence-electron chi connectivity index (χ3n) is 1.80. The number of carbonyl (C=O) groups excluding carboxylic acids is 1. The van der Waals surface area contributed by atoms with Crippen molar-refractivity contribution in [3.8, 4) is 0 Å². The molecule has 0 spiro atoms. The zero-order valence-corrected chi connectivity index (χ0v) is 8.23. The largest absolute Gasteiger partial charge is 0.481 e. The van der Waals surface area contributed by atoms with Crippen molar-refractivity contribution >= 4 is 11.9 Å². The molecule has 1 rings (SSSR count). The van der Waals surface area contributed by atoms with Crippen molar-refractivity contribution in [3.63, 3.8) is 0 Å². The molecule has 7 heteroatoms. The first-order chi connectivity index (χ1) is 7.04. The van der Waals surface area contributed by atoms with E-state index in [-0.39, 0.29) is 18.7 Å². The number of nitrogens with two attached hydrogens (primary N) is 1. The van der Waals surface area contributed by atoms with Crippen LogP contribution in [0.15, 0.2) is 6.07 Å². The molecule has 0 radical (unpaired) electrons. The van der Waals surface area contributed by atoms with E-state index >= 15 is 0 Å². The number of hydrogen-bond donors (Lipinski definition) is 3. The first-order valence-corrected chi connectivity index (χ1v) is 4.31. The fourth-order valence-electron chi connectivity index (χ4n) is 1.17. The minimum atomic E-state index is -0.942. The molecule has 0 unspecified atom stereocenters. The lowest BCUT2D eigenvalue weighted by Gasteiger charge is -2.03. The Balaban J connectivity index is 2.86. The summed E-state index contributed by atoms with van der Waals surface area (Å²) in [7, 11) is 0. The SMILES string of the molecule is Cc1cc(C(=O)NN)n(CCC(=O)O)n1. The van der Waals surface area contributed by atoms with E-state index in [2.05, 4.69) is 5.10 Å². The van der Waals surface area contributed by atoms with Crippen molar-refractivity contribution in [2.45, 2.75) is 19.9 Å². The lowest BCUT2D eigenvalue weighted by molar-refractivity contribution is -0.137. The van der Waals surface area contributed by atoms with Gasteiger partial charge in [-0.2, -0.15) is 5.10 Å². The highest BCUT2D eigenvalue weighted by Crippen LogP contribution is 2.04. The number of aryl methyl sites for hydroxylation is 2. The predicted molar refractivity (Wildman–Crippen MR) is 50.9 cm³/mol. The Kier molecular flexibility index (Phi) is 3.40. The highest BCUT2D eigenvalue weighted by atomic mass is 16.4. The second-order valence-electron chi connectivity index (χ2n) is 3.01. The van der Waals surface area contributed by atoms with Crippen LogP contribution in [0.4, 0.5) is 0 Å². The van der Waals surface area contributed by atoms with Crippen LogP contribution in [0.5, 0.6) is 0 Å². The van der Waals surface area contributed by atoms with Crippen LogP contribution in [-0.2, 0) is 11.3 Å². The molecule has 1 amide bonds. The molecule has 0 aliphatic carbocycles. The molecule has 0 fully saturated rings. The number of rotatable bonds is 4. The van der Waals surface area contributed by atoms with Crippen LogP contribution < -0.4 is 11.3 Å². The number of aliphatic carboxylic acids is 1. The molecule has 0 aliphatic rings. The van der Waals surface area contributed by atoms with Crippen molar-refractivity contribution in [3.05, 3.63) is 17.5 Å². The van der Waals surface area contributed by atoms with Gasteiger partial charge in [-0.25, -0.2) is 5.84 Å². The quantitative estimate of drug-likeness (QED) is 0.346. The number of hydrazine groups is 1. The van der Waals surface area contributed by atoms with Crippen LogP contribution >= 0.6 is 0 Å². The number of amides is 1. The average molecular weight is 212 g/mol. The Hall–Kier alpha value is -1.89. The normalized spacial score (nSPS) is 10.0. The summed E-state index contributed by atoms with van der Waals surface area (Å²) in [6.45, 7) is 1.86. The number of carboxylic acid groups (broad SMARTS) is 1. The van der Waals surface area contributed by atoms with Gasteiger partial charge in [0.25, 0.3) is 5.91 Å². The maximum Gasteiger partial charge on any atom is 0.305 e. The molecule has 1 heterocycles. The minimum Gasteiger partial charge on any atom is -0.481 e. The van der Waals surface area contributed by atoms with Crippen molar-refractivity contribution in [1.82, 2.24) is 15.2 Å². The van der Waals surface area contributed by atoms with Crippen molar-refractivity contribution in [1.29, 1.82) is 0 Å². The molecule has 15 heavy (non-hydrogen) atoms. The van der Waals surface area contributed by atoms with Crippen LogP contribution in [0, 0.1) is 6.92 Å². The summed E-state index contributed by atoms with van der Waals surface area (Å²) < 4.78 is 1.33. The Morgan fingerprint density at radius 3 is 2.87 bits per heavy atom. The number of aromatic nitrogens is 2. The van der Waals surface area contributed by atoms with E-state index in [1.54, 1.807) is 13.0 Å². The molecule has 4 N–H and O–H groups in total. The van der Waals surface area contributed by atoms with Gasteiger partial charge in [-0.1, -0.05) is 0 Å². The van der Waals surface area contributed by atoms with Gasteiger partial charge >= 0.3 is 5.97 Å². The molecule has 1 aromatic heterocycles. The number of carboxylic acids is 1. The summed E-state index contributed by atoms with van der Waals surface area (Å²) in [5.74, 6) is 3.55. The summed E-state index contributed by atoms with van der Waals surface area (Å²) >= 11 is 0. The summed E-state index contributed by atoms with van der Waals surface area (Å²) in [4.78, 5) is 21.6. The molecule has 0 aromatic carbocycles. The third-order valence-corrected chi connectivity index (χ3v) is 1.80. The van der Waals surface area contributed by atoms with Crippen LogP contribution in [0.1, 0.15) is 22.6 Å². The summed E-state index contributed by atoms with van der Waals surface area (Å²) in [6, 6.07) is 1.55. The fourth-order valence-corrected chi connectivity index (χ4v) is 1.17. The molecule has 0 saturated carbocycles. The van der Waals surface area contributed by atoms with Gasteiger partial charge < -0.3 is 5.11 Å². The Labute approximate surface area is 85.8 Å². The van der Waals surface area contributed by atoms with Gasteiger partial charge in [0.15, 0.2) is 0 Å². The molecule has 7 nitrogen and oxygen atoms in total. The van der Waals surface area contributed by atoms with E-state index in [1.165, 1.54) is 4.68 Å². The highest BCUT2D eigenvalue weighted by Gasteiger charge is 2.13. The Bertz CT molecular complexity index is 385. The maximum atomic E-state index is 11.2. The van der Waals surface area contributed by atoms with E-state index in [1.807, 2.05) is 5.43 Å². The van der Waals surface area contributed by atoms with Crippen LogP contribution in [0.2, 0.25) is 0 Å². The zero-order chi connectivity index (χ0) is 11.4.